The Morgan fingerprint density at radius 3 is 2.42 bits per heavy atom. The molecule has 31 heavy (non-hydrogen) atoms. The van der Waals surface area contributed by atoms with Crippen LogP contribution in [-0.4, -0.2) is 32.3 Å². The Bertz CT molecular complexity index is 1180. The van der Waals surface area contributed by atoms with Crippen molar-refractivity contribution in [3.63, 3.8) is 0 Å². The number of carbonyl (C=O) groups excluding carboxylic acids is 1. The fraction of sp³-hybridized carbons (Fsp3) is 0.304. The summed E-state index contributed by atoms with van der Waals surface area (Å²) in [4.78, 5) is 12.4. The molecule has 1 heterocycles. The van der Waals surface area contributed by atoms with Crippen molar-refractivity contribution in [2.24, 2.45) is 0 Å². The van der Waals surface area contributed by atoms with Crippen molar-refractivity contribution in [3.05, 3.63) is 64.8 Å². The lowest BCUT2D eigenvalue weighted by atomic mass is 10.1. The van der Waals surface area contributed by atoms with E-state index >= 15 is 0 Å². The van der Waals surface area contributed by atoms with E-state index in [1.165, 1.54) is 0 Å². The SMILES string of the molecule is COc1ccc(CNC(=O)CCS(=O)(=O)c2cc(-c3onc(C)c3C)ccc2C)cc1. The maximum absolute atomic E-state index is 12.9. The second-order valence-corrected chi connectivity index (χ2v) is 9.47. The van der Waals surface area contributed by atoms with Crippen LogP contribution < -0.4 is 10.1 Å². The van der Waals surface area contributed by atoms with Crippen LogP contribution in [0.1, 0.15) is 28.8 Å². The summed E-state index contributed by atoms with van der Waals surface area (Å²) < 4.78 is 36.3. The number of rotatable bonds is 8. The van der Waals surface area contributed by atoms with E-state index in [-0.39, 0.29) is 23.0 Å². The molecule has 0 radical (unpaired) electrons. The van der Waals surface area contributed by atoms with Gasteiger partial charge in [0.1, 0.15) is 5.75 Å². The molecule has 0 spiro atoms. The number of sulfone groups is 1. The maximum Gasteiger partial charge on any atom is 0.221 e. The molecule has 0 saturated carbocycles. The number of ether oxygens (including phenoxy) is 1. The number of amides is 1. The van der Waals surface area contributed by atoms with Gasteiger partial charge in [-0.05, 0) is 50.1 Å². The van der Waals surface area contributed by atoms with E-state index in [1.54, 1.807) is 38.3 Å². The zero-order valence-electron chi connectivity index (χ0n) is 18.1. The Morgan fingerprint density at radius 1 is 1.10 bits per heavy atom. The average Bonchev–Trinajstić information content (AvgIpc) is 3.10. The summed E-state index contributed by atoms with van der Waals surface area (Å²) in [5.74, 6) is 0.677. The first-order valence-electron chi connectivity index (χ1n) is 9.87. The minimum Gasteiger partial charge on any atom is -0.497 e. The monoisotopic (exact) mass is 442 g/mol. The molecule has 0 aliphatic carbocycles. The second-order valence-electron chi connectivity index (χ2n) is 7.40. The molecule has 1 N–H and O–H groups in total. The molecule has 3 aromatic rings. The van der Waals surface area contributed by atoms with Gasteiger partial charge in [-0.15, -0.1) is 0 Å². The van der Waals surface area contributed by atoms with Gasteiger partial charge in [-0.3, -0.25) is 4.79 Å². The molecule has 0 aliphatic heterocycles. The Balaban J connectivity index is 1.66. The number of benzene rings is 2. The number of nitrogens with zero attached hydrogens (tertiary/aromatic N) is 1. The number of aryl methyl sites for hydroxylation is 2. The highest BCUT2D eigenvalue weighted by atomic mass is 32.2. The van der Waals surface area contributed by atoms with Crippen molar-refractivity contribution >= 4 is 15.7 Å². The van der Waals surface area contributed by atoms with Gasteiger partial charge < -0.3 is 14.6 Å². The summed E-state index contributed by atoms with van der Waals surface area (Å²) >= 11 is 0. The number of carbonyl (C=O) groups is 1. The van der Waals surface area contributed by atoms with Crippen molar-refractivity contribution < 1.29 is 22.5 Å². The molecule has 0 aliphatic rings. The Hall–Kier alpha value is -3.13. The van der Waals surface area contributed by atoms with E-state index in [2.05, 4.69) is 10.5 Å². The molecule has 0 unspecified atom stereocenters. The largest absolute Gasteiger partial charge is 0.497 e. The summed E-state index contributed by atoms with van der Waals surface area (Å²) in [6, 6.07) is 12.4. The molecular weight excluding hydrogens is 416 g/mol. The molecule has 0 fully saturated rings. The third kappa shape index (κ3) is 5.32. The summed E-state index contributed by atoms with van der Waals surface area (Å²) in [6.45, 7) is 5.77. The van der Waals surface area contributed by atoms with Gasteiger partial charge >= 0.3 is 0 Å². The predicted octanol–water partition coefficient (Wildman–Crippen LogP) is 3.76. The van der Waals surface area contributed by atoms with E-state index < -0.39 is 9.84 Å². The summed E-state index contributed by atoms with van der Waals surface area (Å²) in [5.41, 5.74) is 3.79. The van der Waals surface area contributed by atoms with Gasteiger partial charge in [0, 0.05) is 24.1 Å². The van der Waals surface area contributed by atoms with E-state index in [1.807, 2.05) is 32.0 Å². The zero-order valence-corrected chi connectivity index (χ0v) is 18.9. The lowest BCUT2D eigenvalue weighted by molar-refractivity contribution is -0.120. The predicted molar refractivity (Wildman–Crippen MR) is 118 cm³/mol. The zero-order chi connectivity index (χ0) is 22.6. The summed E-state index contributed by atoms with van der Waals surface area (Å²) in [7, 11) is -2.07. The fourth-order valence-corrected chi connectivity index (χ4v) is 4.67. The van der Waals surface area contributed by atoms with Crippen LogP contribution in [0.2, 0.25) is 0 Å². The third-order valence-corrected chi connectivity index (χ3v) is 7.04. The first-order chi connectivity index (χ1) is 14.7. The third-order valence-electron chi connectivity index (χ3n) is 5.19. The van der Waals surface area contributed by atoms with Gasteiger partial charge in [0.2, 0.25) is 5.91 Å². The molecule has 7 nitrogen and oxygen atoms in total. The van der Waals surface area contributed by atoms with Crippen LogP contribution in [0.4, 0.5) is 0 Å². The number of nitrogens with one attached hydrogen (secondary N) is 1. The highest BCUT2D eigenvalue weighted by molar-refractivity contribution is 7.91. The van der Waals surface area contributed by atoms with Crippen LogP contribution in [0.25, 0.3) is 11.3 Å². The first-order valence-corrected chi connectivity index (χ1v) is 11.5. The van der Waals surface area contributed by atoms with Crippen LogP contribution in [0, 0.1) is 20.8 Å². The standard InChI is InChI=1S/C23H26N2O5S/c1-15-5-8-19(23-16(2)17(3)25-30-23)13-21(15)31(27,28)12-11-22(26)24-14-18-6-9-20(29-4)10-7-18/h5-10,13H,11-12,14H2,1-4H3,(H,24,26). The van der Waals surface area contributed by atoms with E-state index in [9.17, 15) is 13.2 Å². The summed E-state index contributed by atoms with van der Waals surface area (Å²) in [6.07, 6.45) is -0.122. The molecule has 0 saturated heterocycles. The smallest absolute Gasteiger partial charge is 0.221 e. The molecule has 2 aromatic carbocycles. The maximum atomic E-state index is 12.9. The minimum absolute atomic E-state index is 0.122. The van der Waals surface area contributed by atoms with Crippen molar-refractivity contribution in [1.29, 1.82) is 0 Å². The average molecular weight is 443 g/mol. The quantitative estimate of drug-likeness (QED) is 0.570. The van der Waals surface area contributed by atoms with Crippen LogP contribution in [0.3, 0.4) is 0 Å². The van der Waals surface area contributed by atoms with Crippen molar-refractivity contribution in [2.45, 2.75) is 38.6 Å². The molecule has 164 valence electrons. The number of hydrogen-bond acceptors (Lipinski definition) is 6. The number of hydrogen-bond donors (Lipinski definition) is 1. The van der Waals surface area contributed by atoms with Gasteiger partial charge in [0.15, 0.2) is 15.6 Å². The number of aromatic nitrogens is 1. The normalized spacial score (nSPS) is 11.4. The topological polar surface area (TPSA) is 98.5 Å². The van der Waals surface area contributed by atoms with Crippen LogP contribution >= 0.6 is 0 Å². The molecule has 0 atom stereocenters. The second kappa shape index (κ2) is 9.34. The molecule has 1 amide bonds. The lowest BCUT2D eigenvalue weighted by Gasteiger charge is -2.10. The van der Waals surface area contributed by atoms with Gasteiger partial charge in [-0.25, -0.2) is 8.42 Å². The lowest BCUT2D eigenvalue weighted by Crippen LogP contribution is -2.25. The van der Waals surface area contributed by atoms with Crippen LogP contribution in [-0.2, 0) is 21.2 Å². The van der Waals surface area contributed by atoms with E-state index in [0.717, 1.165) is 22.6 Å². The Labute approximate surface area is 182 Å². The summed E-state index contributed by atoms with van der Waals surface area (Å²) in [5, 5.41) is 6.69. The molecular formula is C23H26N2O5S. The van der Waals surface area contributed by atoms with Crippen LogP contribution in [0.5, 0.6) is 5.75 Å². The van der Waals surface area contributed by atoms with Crippen molar-refractivity contribution in [1.82, 2.24) is 10.5 Å². The van der Waals surface area contributed by atoms with Gasteiger partial charge in [-0.2, -0.15) is 0 Å². The van der Waals surface area contributed by atoms with Crippen molar-refractivity contribution in [3.8, 4) is 17.1 Å². The highest BCUT2D eigenvalue weighted by Crippen LogP contribution is 2.29. The molecule has 3 rings (SSSR count). The Kier molecular flexibility index (Phi) is 6.80. The van der Waals surface area contributed by atoms with Gasteiger partial charge in [-0.1, -0.05) is 29.4 Å². The fourth-order valence-electron chi connectivity index (χ4n) is 3.13. The molecule has 0 bridgehead atoms. The minimum atomic E-state index is -3.65. The number of methoxy groups -OCH3 is 1. The first kappa shape index (κ1) is 22.6. The van der Waals surface area contributed by atoms with Crippen molar-refractivity contribution in [2.75, 3.05) is 12.9 Å². The van der Waals surface area contributed by atoms with E-state index in [0.29, 0.717) is 23.4 Å². The molecule has 8 heteroatoms. The Morgan fingerprint density at radius 2 is 1.81 bits per heavy atom. The molecule has 1 aromatic heterocycles. The van der Waals surface area contributed by atoms with Gasteiger partial charge in [0.25, 0.3) is 0 Å². The highest BCUT2D eigenvalue weighted by Gasteiger charge is 2.21. The van der Waals surface area contributed by atoms with Gasteiger partial charge in [0.05, 0.1) is 23.5 Å². The van der Waals surface area contributed by atoms with E-state index in [4.69, 9.17) is 9.26 Å². The van der Waals surface area contributed by atoms with Crippen LogP contribution in [0.15, 0.2) is 51.9 Å².